The summed E-state index contributed by atoms with van der Waals surface area (Å²) in [7, 11) is 0. The van der Waals surface area contributed by atoms with E-state index in [0.29, 0.717) is 11.7 Å². The number of nitrogens with one attached hydrogen (secondary N) is 1. The molecule has 5 aromatic rings. The SMILES string of the molecule is CC1CCc2c(sc(NC(=O)c3cc(-c4ccccc4)on3)c2-c2nc3ccccc3s2)C1. The van der Waals surface area contributed by atoms with E-state index in [2.05, 4.69) is 23.5 Å². The number of para-hydroxylation sites is 1. The van der Waals surface area contributed by atoms with E-state index in [4.69, 9.17) is 9.51 Å². The summed E-state index contributed by atoms with van der Waals surface area (Å²) in [5.41, 5.74) is 4.55. The number of amides is 1. The van der Waals surface area contributed by atoms with Crippen LogP contribution in [0.5, 0.6) is 0 Å². The maximum Gasteiger partial charge on any atom is 0.278 e. The maximum absolute atomic E-state index is 13.1. The molecule has 0 spiro atoms. The Morgan fingerprint density at radius 1 is 1.09 bits per heavy atom. The lowest BCUT2D eigenvalue weighted by Gasteiger charge is -2.18. The molecular formula is C26H21N3O2S2. The van der Waals surface area contributed by atoms with Crippen molar-refractivity contribution in [2.24, 2.45) is 5.92 Å². The lowest BCUT2D eigenvalue weighted by Crippen LogP contribution is -2.12. The van der Waals surface area contributed by atoms with E-state index in [-0.39, 0.29) is 11.6 Å². The molecule has 0 radical (unpaired) electrons. The molecule has 3 aromatic heterocycles. The molecule has 3 heterocycles. The summed E-state index contributed by atoms with van der Waals surface area (Å²) in [4.78, 5) is 19.4. The third-order valence-corrected chi connectivity index (χ3v) is 8.27. The van der Waals surface area contributed by atoms with Crippen LogP contribution in [0.15, 0.2) is 65.2 Å². The summed E-state index contributed by atoms with van der Waals surface area (Å²) in [6.45, 7) is 2.29. The topological polar surface area (TPSA) is 68.0 Å². The molecule has 1 N–H and O–H groups in total. The van der Waals surface area contributed by atoms with E-state index in [1.165, 1.54) is 10.4 Å². The van der Waals surface area contributed by atoms with Gasteiger partial charge in [-0.3, -0.25) is 4.79 Å². The fraction of sp³-hybridized carbons (Fsp3) is 0.192. The molecule has 0 aliphatic heterocycles. The average Bonchev–Trinajstić information content (AvgIpc) is 3.55. The number of anilines is 1. The molecule has 6 rings (SSSR count). The number of hydrogen-bond donors (Lipinski definition) is 1. The van der Waals surface area contributed by atoms with E-state index >= 15 is 0 Å². The van der Waals surface area contributed by atoms with Gasteiger partial charge < -0.3 is 9.84 Å². The van der Waals surface area contributed by atoms with Crippen molar-refractivity contribution in [3.8, 4) is 21.9 Å². The number of nitrogens with zero attached hydrogens (tertiary/aromatic N) is 2. The first-order chi connectivity index (χ1) is 16.2. The molecule has 7 heteroatoms. The normalized spacial score (nSPS) is 15.5. The minimum absolute atomic E-state index is 0.267. The van der Waals surface area contributed by atoms with Crippen molar-refractivity contribution >= 4 is 43.8 Å². The largest absolute Gasteiger partial charge is 0.355 e. The number of fused-ring (bicyclic) bond motifs is 2. The molecule has 0 saturated carbocycles. The summed E-state index contributed by atoms with van der Waals surface area (Å²) in [6, 6.07) is 19.5. The van der Waals surface area contributed by atoms with Gasteiger partial charge in [0.05, 0.1) is 10.2 Å². The molecule has 0 bridgehead atoms. The van der Waals surface area contributed by atoms with Crippen molar-refractivity contribution in [2.75, 3.05) is 5.32 Å². The number of rotatable bonds is 4. The van der Waals surface area contributed by atoms with Crippen molar-refractivity contribution < 1.29 is 9.32 Å². The zero-order valence-corrected chi connectivity index (χ0v) is 19.6. The summed E-state index contributed by atoms with van der Waals surface area (Å²) >= 11 is 3.35. The molecule has 0 saturated heterocycles. The van der Waals surface area contributed by atoms with Gasteiger partial charge >= 0.3 is 0 Å². The number of aromatic nitrogens is 2. The highest BCUT2D eigenvalue weighted by Gasteiger charge is 2.28. The third kappa shape index (κ3) is 3.77. The Labute approximate surface area is 199 Å². The van der Waals surface area contributed by atoms with Crippen molar-refractivity contribution in [3.63, 3.8) is 0 Å². The molecule has 1 unspecified atom stereocenters. The average molecular weight is 472 g/mol. The predicted octanol–water partition coefficient (Wildman–Crippen LogP) is 7.06. The Balaban J connectivity index is 1.37. The van der Waals surface area contributed by atoms with Crippen molar-refractivity contribution in [3.05, 3.63) is 76.8 Å². The zero-order chi connectivity index (χ0) is 22.4. The Kier molecular flexibility index (Phi) is 5.08. The minimum Gasteiger partial charge on any atom is -0.355 e. The highest BCUT2D eigenvalue weighted by atomic mass is 32.1. The monoisotopic (exact) mass is 471 g/mol. The number of hydrogen-bond acceptors (Lipinski definition) is 6. The first-order valence-corrected chi connectivity index (χ1v) is 12.6. The van der Waals surface area contributed by atoms with Crippen LogP contribution in [0, 0.1) is 5.92 Å². The lowest BCUT2D eigenvalue weighted by atomic mass is 9.88. The van der Waals surface area contributed by atoms with Gasteiger partial charge in [0.2, 0.25) is 0 Å². The smallest absolute Gasteiger partial charge is 0.278 e. The minimum atomic E-state index is -0.269. The highest BCUT2D eigenvalue weighted by molar-refractivity contribution is 7.23. The van der Waals surface area contributed by atoms with Gasteiger partial charge in [-0.05, 0) is 42.9 Å². The van der Waals surface area contributed by atoms with E-state index in [9.17, 15) is 4.79 Å². The van der Waals surface area contributed by atoms with Crippen LogP contribution < -0.4 is 5.32 Å². The standard InChI is InChI=1S/C26H21N3O2S2/c1-15-11-12-17-22(13-15)33-26(23(17)25-27-18-9-5-6-10-21(18)32-25)28-24(30)19-14-20(31-29-19)16-7-3-2-4-8-16/h2-10,14-15H,11-13H2,1H3,(H,28,30). The van der Waals surface area contributed by atoms with E-state index in [1.807, 2.05) is 48.5 Å². The van der Waals surface area contributed by atoms with E-state index in [1.54, 1.807) is 28.7 Å². The van der Waals surface area contributed by atoms with E-state index < -0.39 is 0 Å². The van der Waals surface area contributed by atoms with Crippen LogP contribution in [0.1, 0.15) is 34.3 Å². The van der Waals surface area contributed by atoms with Crippen LogP contribution in [0.2, 0.25) is 0 Å². The molecule has 164 valence electrons. The van der Waals surface area contributed by atoms with Gasteiger partial charge in [0.15, 0.2) is 11.5 Å². The Bertz CT molecular complexity index is 1430. The van der Waals surface area contributed by atoms with Gasteiger partial charge in [-0.25, -0.2) is 4.98 Å². The van der Waals surface area contributed by atoms with Crippen LogP contribution in [0.4, 0.5) is 5.00 Å². The van der Waals surface area contributed by atoms with Crippen LogP contribution >= 0.6 is 22.7 Å². The molecule has 1 aliphatic carbocycles. The highest BCUT2D eigenvalue weighted by Crippen LogP contribution is 2.47. The van der Waals surface area contributed by atoms with Crippen LogP contribution in [0.3, 0.4) is 0 Å². The second-order valence-corrected chi connectivity index (χ2v) is 10.6. The fourth-order valence-electron chi connectivity index (χ4n) is 4.33. The summed E-state index contributed by atoms with van der Waals surface area (Å²) in [6.07, 6.45) is 3.20. The number of carbonyl (C=O) groups excluding carboxylic acids is 1. The molecule has 1 aliphatic rings. The number of thiazole rings is 1. The molecule has 0 fully saturated rings. The van der Waals surface area contributed by atoms with Crippen LogP contribution in [-0.4, -0.2) is 16.0 Å². The Hall–Kier alpha value is -3.29. The molecular weight excluding hydrogens is 450 g/mol. The van der Waals surface area contributed by atoms with E-state index in [0.717, 1.165) is 50.6 Å². The predicted molar refractivity (Wildman–Crippen MR) is 134 cm³/mol. The zero-order valence-electron chi connectivity index (χ0n) is 18.0. The quantitative estimate of drug-likeness (QED) is 0.305. The van der Waals surface area contributed by atoms with Crippen LogP contribution in [0.25, 0.3) is 32.1 Å². The summed E-state index contributed by atoms with van der Waals surface area (Å²) in [5.74, 6) is 0.952. The first kappa shape index (κ1) is 20.3. The summed E-state index contributed by atoms with van der Waals surface area (Å²) in [5, 5.41) is 8.97. The second-order valence-electron chi connectivity index (χ2n) is 8.44. The maximum atomic E-state index is 13.1. The van der Waals surface area contributed by atoms with Gasteiger partial charge in [-0.15, -0.1) is 22.7 Å². The number of thiophene rings is 1. The molecule has 33 heavy (non-hydrogen) atoms. The Morgan fingerprint density at radius 2 is 1.91 bits per heavy atom. The summed E-state index contributed by atoms with van der Waals surface area (Å²) < 4.78 is 6.59. The molecule has 1 atom stereocenters. The van der Waals surface area contributed by atoms with Gasteiger partial charge in [-0.1, -0.05) is 54.5 Å². The molecule has 2 aromatic carbocycles. The van der Waals surface area contributed by atoms with Crippen molar-refractivity contribution in [2.45, 2.75) is 26.2 Å². The molecule has 1 amide bonds. The Morgan fingerprint density at radius 3 is 2.76 bits per heavy atom. The number of benzene rings is 2. The van der Waals surface area contributed by atoms with Crippen molar-refractivity contribution in [1.29, 1.82) is 0 Å². The first-order valence-electron chi connectivity index (χ1n) is 11.0. The lowest BCUT2D eigenvalue weighted by molar-refractivity contribution is 0.101. The second kappa shape index (κ2) is 8.24. The van der Waals surface area contributed by atoms with Gasteiger partial charge in [0.1, 0.15) is 10.0 Å². The number of carbonyl (C=O) groups is 1. The van der Waals surface area contributed by atoms with Gasteiger partial charge in [0.25, 0.3) is 5.91 Å². The third-order valence-electron chi connectivity index (χ3n) is 6.05. The molecule has 5 nitrogen and oxygen atoms in total. The van der Waals surface area contributed by atoms with Crippen LogP contribution in [-0.2, 0) is 12.8 Å². The fourth-order valence-corrected chi connectivity index (χ4v) is 6.85. The van der Waals surface area contributed by atoms with Crippen molar-refractivity contribution in [1.82, 2.24) is 10.1 Å². The van der Waals surface area contributed by atoms with Gasteiger partial charge in [0, 0.05) is 22.1 Å². The van der Waals surface area contributed by atoms with Gasteiger partial charge in [-0.2, -0.15) is 0 Å².